The molecule has 0 saturated heterocycles. The van der Waals surface area contributed by atoms with Gasteiger partial charge in [-0.05, 0) is 97.4 Å². The van der Waals surface area contributed by atoms with Gasteiger partial charge < -0.3 is 44.5 Å². The minimum atomic E-state index is -1.20. The molecule has 0 fully saturated rings. The molecule has 0 unspecified atom stereocenters. The van der Waals surface area contributed by atoms with E-state index in [-0.39, 0.29) is 45.6 Å². The molecule has 2 amide bonds. The molecule has 0 aliphatic carbocycles. The van der Waals surface area contributed by atoms with E-state index in [4.69, 9.17) is 45.4 Å². The Bertz CT molecular complexity index is 2290. The van der Waals surface area contributed by atoms with Crippen LogP contribution in [0.15, 0.2) is 64.2 Å². The lowest BCUT2D eigenvalue weighted by Crippen LogP contribution is -2.45. The number of esters is 2. The topological polar surface area (TPSA) is 251 Å². The molecule has 2 aromatic carbocycles. The van der Waals surface area contributed by atoms with Gasteiger partial charge in [0.25, 0.3) is 0 Å². The monoisotopic (exact) mass is 875 g/mol. The van der Waals surface area contributed by atoms with Crippen molar-refractivity contribution in [3.8, 4) is 40.5 Å². The van der Waals surface area contributed by atoms with E-state index in [0.29, 0.717) is 22.2 Å². The molecule has 0 aliphatic heterocycles. The van der Waals surface area contributed by atoms with E-state index < -0.39 is 60.1 Å². The average molecular weight is 876 g/mol. The molecular weight excluding hydrogens is 830 g/mol. The third kappa shape index (κ3) is 14.3. The van der Waals surface area contributed by atoms with Gasteiger partial charge in [-0.1, -0.05) is 35.5 Å². The number of ether oxygens (including phenoxy) is 5. The Kier molecular flexibility index (Phi) is 16.0. The van der Waals surface area contributed by atoms with E-state index in [2.05, 4.69) is 26.7 Å². The first-order chi connectivity index (χ1) is 28.7. The van der Waals surface area contributed by atoms with Crippen molar-refractivity contribution in [3.63, 3.8) is 0 Å². The standard InChI is InChI=1S/C42H46ClN7O10S/c1-23(47-39(53)59-41(3,4)5)37(51)57-21-30(58-38(52)24(2)48-40(54)60-42(6,7)8)20-55-29-15-11-25(12-16-29)33-31(17-44)34(46)50-36(32(33)18-45)61-22-28-19-56-35(49-28)26-9-13-27(43)14-10-26/h9-16,19,23-24,30H,20-22H2,1-8H3,(H2,46,50)(H,47,53)(H,48,54)/t23-,24-,30+/m1/s1. The summed E-state index contributed by atoms with van der Waals surface area (Å²) >= 11 is 7.19. The van der Waals surface area contributed by atoms with Gasteiger partial charge in [0.05, 0.1) is 11.3 Å². The van der Waals surface area contributed by atoms with Gasteiger partial charge >= 0.3 is 24.1 Å². The minimum absolute atomic E-state index is 0.000630. The number of hydrogen-bond donors (Lipinski definition) is 3. The van der Waals surface area contributed by atoms with Gasteiger partial charge in [0, 0.05) is 21.9 Å². The number of pyridine rings is 1. The van der Waals surface area contributed by atoms with Crippen molar-refractivity contribution in [1.29, 1.82) is 10.5 Å². The van der Waals surface area contributed by atoms with Crippen LogP contribution in [0.1, 0.15) is 72.2 Å². The molecule has 19 heteroatoms. The number of thioether (sulfide) groups is 1. The molecule has 0 radical (unpaired) electrons. The van der Waals surface area contributed by atoms with Gasteiger partial charge in [0.1, 0.15) is 77.1 Å². The maximum Gasteiger partial charge on any atom is 0.408 e. The first-order valence-electron chi connectivity index (χ1n) is 18.7. The van der Waals surface area contributed by atoms with Crippen LogP contribution < -0.4 is 21.1 Å². The van der Waals surface area contributed by atoms with Gasteiger partial charge in [-0.15, -0.1) is 0 Å². The molecule has 0 saturated carbocycles. The highest BCUT2D eigenvalue weighted by Gasteiger charge is 2.28. The number of nitrogens with two attached hydrogens (primary N) is 1. The summed E-state index contributed by atoms with van der Waals surface area (Å²) in [6.45, 7) is 11.9. The van der Waals surface area contributed by atoms with Crippen molar-refractivity contribution in [2.75, 3.05) is 18.9 Å². The van der Waals surface area contributed by atoms with Crippen LogP contribution in [-0.4, -0.2) is 76.7 Å². The van der Waals surface area contributed by atoms with E-state index in [1.165, 1.54) is 31.9 Å². The Morgan fingerprint density at radius 2 is 1.38 bits per heavy atom. The fraction of sp³-hybridized carbons (Fsp3) is 0.381. The number of carbonyl (C=O) groups is 4. The molecule has 4 aromatic rings. The largest absolute Gasteiger partial charge is 0.490 e. The number of nitrogens with one attached hydrogen (secondary N) is 2. The van der Waals surface area contributed by atoms with Gasteiger partial charge in [-0.3, -0.25) is 0 Å². The van der Waals surface area contributed by atoms with Crippen LogP contribution in [0.4, 0.5) is 15.4 Å². The van der Waals surface area contributed by atoms with Crippen LogP contribution in [0.25, 0.3) is 22.6 Å². The summed E-state index contributed by atoms with van der Waals surface area (Å²) < 4.78 is 32.9. The number of amides is 2. The summed E-state index contributed by atoms with van der Waals surface area (Å²) in [7, 11) is 0. The van der Waals surface area contributed by atoms with Crippen molar-refractivity contribution in [2.45, 2.75) is 95.6 Å². The summed E-state index contributed by atoms with van der Waals surface area (Å²) in [5, 5.41) is 26.0. The van der Waals surface area contributed by atoms with Crippen molar-refractivity contribution >= 4 is 53.3 Å². The number of carbonyl (C=O) groups excluding carboxylic acids is 4. The number of alkyl carbamates (subject to hydrolysis) is 2. The van der Waals surface area contributed by atoms with Crippen molar-refractivity contribution in [3.05, 3.63) is 76.6 Å². The second kappa shape index (κ2) is 20.7. The zero-order chi connectivity index (χ0) is 45.1. The molecule has 2 heterocycles. The second-order valence-electron chi connectivity index (χ2n) is 15.4. The van der Waals surface area contributed by atoms with E-state index in [1.807, 2.05) is 6.07 Å². The Hall–Kier alpha value is -6.50. The Morgan fingerprint density at radius 3 is 1.93 bits per heavy atom. The average Bonchev–Trinajstić information content (AvgIpc) is 3.65. The van der Waals surface area contributed by atoms with Crippen LogP contribution in [0.5, 0.6) is 5.75 Å². The summed E-state index contributed by atoms with van der Waals surface area (Å²) in [5.74, 6) is -0.880. The van der Waals surface area contributed by atoms with Gasteiger partial charge in [0.15, 0.2) is 6.10 Å². The number of benzene rings is 2. The Morgan fingerprint density at radius 1 is 0.820 bits per heavy atom. The molecule has 0 bridgehead atoms. The number of hydrogen-bond acceptors (Lipinski definition) is 16. The molecule has 4 N–H and O–H groups in total. The van der Waals surface area contributed by atoms with Crippen molar-refractivity contribution in [2.24, 2.45) is 0 Å². The summed E-state index contributed by atoms with van der Waals surface area (Å²) in [6, 6.07) is 15.2. The number of rotatable bonds is 15. The number of nitrogens with zero attached hydrogens (tertiary/aromatic N) is 4. The van der Waals surface area contributed by atoms with Gasteiger partial charge in [0.2, 0.25) is 5.89 Å². The van der Waals surface area contributed by atoms with E-state index in [1.54, 1.807) is 90.1 Å². The van der Waals surface area contributed by atoms with Crippen LogP contribution in [0.2, 0.25) is 5.02 Å². The lowest BCUT2D eigenvalue weighted by atomic mass is 9.97. The van der Waals surface area contributed by atoms with Crippen LogP contribution in [-0.2, 0) is 34.3 Å². The summed E-state index contributed by atoms with van der Waals surface area (Å²) in [5.41, 5.74) is 6.74. The minimum Gasteiger partial charge on any atom is -0.490 e. The summed E-state index contributed by atoms with van der Waals surface area (Å²) in [6.07, 6.45) is -1.39. The van der Waals surface area contributed by atoms with Crippen LogP contribution in [0.3, 0.4) is 0 Å². The number of nitrogen functional groups attached to an aromatic ring is 1. The Balaban J connectivity index is 1.50. The van der Waals surface area contributed by atoms with Gasteiger partial charge in [-0.25, -0.2) is 29.1 Å². The molecular formula is C42H46ClN7O10S. The highest BCUT2D eigenvalue weighted by molar-refractivity contribution is 7.98. The lowest BCUT2D eigenvalue weighted by Gasteiger charge is -2.24. The van der Waals surface area contributed by atoms with E-state index in [9.17, 15) is 29.7 Å². The van der Waals surface area contributed by atoms with Crippen molar-refractivity contribution in [1.82, 2.24) is 20.6 Å². The molecule has 17 nitrogen and oxygen atoms in total. The second-order valence-corrected chi connectivity index (χ2v) is 16.8. The normalized spacial score (nSPS) is 12.7. The molecule has 61 heavy (non-hydrogen) atoms. The molecule has 322 valence electrons. The van der Waals surface area contributed by atoms with Crippen LogP contribution in [0, 0.1) is 22.7 Å². The molecule has 3 atom stereocenters. The highest BCUT2D eigenvalue weighted by Crippen LogP contribution is 2.37. The van der Waals surface area contributed by atoms with Crippen LogP contribution >= 0.6 is 23.4 Å². The molecule has 4 rings (SSSR count). The zero-order valence-electron chi connectivity index (χ0n) is 34.8. The molecule has 0 aliphatic rings. The first kappa shape index (κ1) is 47.2. The SMILES string of the molecule is C[C@@H](NC(=O)OC(C)(C)C)C(=O)OC[C@H](COc1ccc(-c2c(C#N)c(N)nc(SCc3coc(-c4ccc(Cl)cc4)n3)c2C#N)cc1)OC(=O)[C@@H](C)NC(=O)OC(C)(C)C. The Labute approximate surface area is 362 Å². The maximum atomic E-state index is 13.1. The fourth-order valence-corrected chi connectivity index (χ4v) is 6.11. The number of anilines is 1. The fourth-order valence-electron chi connectivity index (χ4n) is 5.11. The smallest absolute Gasteiger partial charge is 0.408 e. The zero-order valence-corrected chi connectivity index (χ0v) is 36.4. The number of halogens is 1. The van der Waals surface area contributed by atoms with Crippen molar-refractivity contribution < 1.29 is 47.3 Å². The van der Waals surface area contributed by atoms with Gasteiger partial charge in [-0.2, -0.15) is 10.5 Å². The van der Waals surface area contributed by atoms with E-state index >= 15 is 0 Å². The molecule has 0 spiro atoms. The quantitative estimate of drug-likeness (QED) is 0.0600. The third-order valence-electron chi connectivity index (χ3n) is 7.86. The lowest BCUT2D eigenvalue weighted by molar-refractivity contribution is -0.162. The molecule has 2 aromatic heterocycles. The first-order valence-corrected chi connectivity index (χ1v) is 20.1. The number of oxazole rings is 1. The predicted molar refractivity (Wildman–Crippen MR) is 224 cm³/mol. The number of aromatic nitrogens is 2. The summed E-state index contributed by atoms with van der Waals surface area (Å²) in [4.78, 5) is 59.2. The van der Waals surface area contributed by atoms with E-state index in [0.717, 1.165) is 5.56 Å². The number of nitriles is 2. The maximum absolute atomic E-state index is 13.1. The highest BCUT2D eigenvalue weighted by atomic mass is 35.5. The third-order valence-corrected chi connectivity index (χ3v) is 9.12. The predicted octanol–water partition coefficient (Wildman–Crippen LogP) is 7.34.